The minimum atomic E-state index is -0.548. The molecule has 1 aromatic carbocycles. The Balaban J connectivity index is 2.26. The predicted molar refractivity (Wildman–Crippen MR) is 87.2 cm³/mol. The van der Waals surface area contributed by atoms with E-state index in [0.717, 1.165) is 9.37 Å². The number of halogens is 1. The maximum atomic E-state index is 12.1. The molecule has 0 bridgehead atoms. The molecule has 7 heteroatoms. The number of aliphatic hydroxyl groups is 1. The number of imide groups is 1. The fraction of sp³-hybridized carbons (Fsp3) is 0.333. The summed E-state index contributed by atoms with van der Waals surface area (Å²) < 4.78 is 6.22. The molecule has 1 aliphatic heterocycles. The van der Waals surface area contributed by atoms with Crippen LogP contribution in [0.25, 0.3) is 0 Å². The van der Waals surface area contributed by atoms with Crippen LogP contribution in [0.5, 0.6) is 0 Å². The molecule has 0 radical (unpaired) electrons. The van der Waals surface area contributed by atoms with Gasteiger partial charge in [-0.25, -0.2) is 0 Å². The maximum Gasteiger partial charge on any atom is 0.254 e. The standard InChI is InChI=1S/C15H16BrNO4S/c1-9-13(22-11-4-2-3-10(16)7-11)12(8-21-6-5-18)15(20)17-14(9)19/h2-4,7,12,18H,5-6,8H2,1H3,(H,17,19,20). The van der Waals surface area contributed by atoms with Crippen LogP contribution in [-0.4, -0.2) is 36.7 Å². The van der Waals surface area contributed by atoms with Crippen LogP contribution in [0.3, 0.4) is 0 Å². The number of rotatable bonds is 6. The molecule has 1 atom stereocenters. The minimum absolute atomic E-state index is 0.107. The molecule has 2 rings (SSSR count). The zero-order valence-electron chi connectivity index (χ0n) is 12.0. The molecule has 22 heavy (non-hydrogen) atoms. The van der Waals surface area contributed by atoms with Crippen LogP contribution >= 0.6 is 27.7 Å². The number of aliphatic hydroxyl groups excluding tert-OH is 1. The number of ether oxygens (including phenoxy) is 1. The second kappa shape index (κ2) is 7.92. The monoisotopic (exact) mass is 385 g/mol. The van der Waals surface area contributed by atoms with Crippen LogP contribution in [-0.2, 0) is 14.3 Å². The lowest BCUT2D eigenvalue weighted by atomic mass is 10.0. The van der Waals surface area contributed by atoms with Gasteiger partial charge in [0.1, 0.15) is 0 Å². The highest BCUT2D eigenvalue weighted by molar-refractivity contribution is 9.10. The number of benzene rings is 1. The SMILES string of the molecule is CC1=C(Sc2cccc(Br)c2)C(COCCO)C(=O)NC1=O. The summed E-state index contributed by atoms with van der Waals surface area (Å²) in [7, 11) is 0. The van der Waals surface area contributed by atoms with Gasteiger partial charge in [-0.2, -0.15) is 0 Å². The third-order valence-corrected chi connectivity index (χ3v) is 4.92. The van der Waals surface area contributed by atoms with Gasteiger partial charge in [0.25, 0.3) is 5.91 Å². The van der Waals surface area contributed by atoms with Crippen LogP contribution < -0.4 is 5.32 Å². The number of nitrogens with one attached hydrogen (secondary N) is 1. The summed E-state index contributed by atoms with van der Waals surface area (Å²) in [5.41, 5.74) is 0.516. The van der Waals surface area contributed by atoms with Gasteiger partial charge < -0.3 is 9.84 Å². The Hall–Kier alpha value is -1.15. The molecule has 2 amide bonds. The van der Waals surface area contributed by atoms with Gasteiger partial charge >= 0.3 is 0 Å². The van der Waals surface area contributed by atoms with Crippen LogP contribution in [0.4, 0.5) is 0 Å². The van der Waals surface area contributed by atoms with Crippen molar-refractivity contribution in [3.8, 4) is 0 Å². The highest BCUT2D eigenvalue weighted by Gasteiger charge is 2.33. The van der Waals surface area contributed by atoms with E-state index in [0.29, 0.717) is 10.5 Å². The van der Waals surface area contributed by atoms with Gasteiger partial charge in [-0.3, -0.25) is 14.9 Å². The van der Waals surface area contributed by atoms with Gasteiger partial charge in [-0.15, -0.1) is 0 Å². The first-order valence-electron chi connectivity index (χ1n) is 6.71. The van der Waals surface area contributed by atoms with Crippen LogP contribution in [0.2, 0.25) is 0 Å². The summed E-state index contributed by atoms with van der Waals surface area (Å²) in [5, 5.41) is 11.1. The van der Waals surface area contributed by atoms with E-state index in [1.807, 2.05) is 24.3 Å². The average molecular weight is 386 g/mol. The largest absolute Gasteiger partial charge is 0.394 e. The summed E-state index contributed by atoms with van der Waals surface area (Å²) >= 11 is 4.79. The summed E-state index contributed by atoms with van der Waals surface area (Å²) in [4.78, 5) is 25.5. The molecule has 0 fully saturated rings. The average Bonchev–Trinajstić information content (AvgIpc) is 2.48. The molecule has 0 saturated heterocycles. The quantitative estimate of drug-likeness (QED) is 0.579. The minimum Gasteiger partial charge on any atom is -0.394 e. The summed E-state index contributed by atoms with van der Waals surface area (Å²) in [6.07, 6.45) is 0. The molecule has 0 spiro atoms. The van der Waals surface area contributed by atoms with Gasteiger partial charge in [0.2, 0.25) is 5.91 Å². The van der Waals surface area contributed by atoms with E-state index >= 15 is 0 Å². The molecular weight excluding hydrogens is 370 g/mol. The lowest BCUT2D eigenvalue weighted by molar-refractivity contribution is -0.132. The fourth-order valence-corrected chi connectivity index (χ4v) is 3.71. The Bertz CT molecular complexity index is 617. The number of thioether (sulfide) groups is 1. The number of carbonyl (C=O) groups is 2. The molecule has 1 heterocycles. The van der Waals surface area contributed by atoms with Gasteiger partial charge in [0.05, 0.1) is 25.7 Å². The van der Waals surface area contributed by atoms with E-state index in [1.54, 1.807) is 6.92 Å². The zero-order valence-corrected chi connectivity index (χ0v) is 14.4. The Labute approximate surface area is 141 Å². The van der Waals surface area contributed by atoms with Gasteiger partial charge in [0, 0.05) is 19.8 Å². The van der Waals surface area contributed by atoms with Crippen molar-refractivity contribution in [3.63, 3.8) is 0 Å². The first-order chi connectivity index (χ1) is 10.5. The van der Waals surface area contributed by atoms with Crippen molar-refractivity contribution >= 4 is 39.5 Å². The molecule has 5 nitrogen and oxygen atoms in total. The lowest BCUT2D eigenvalue weighted by Crippen LogP contribution is -2.43. The highest BCUT2D eigenvalue weighted by atomic mass is 79.9. The number of carbonyl (C=O) groups excluding carboxylic acids is 2. The molecule has 0 saturated carbocycles. The smallest absolute Gasteiger partial charge is 0.254 e. The first-order valence-corrected chi connectivity index (χ1v) is 8.32. The molecule has 2 N–H and O–H groups in total. The molecule has 118 valence electrons. The Morgan fingerprint density at radius 3 is 2.86 bits per heavy atom. The van der Waals surface area contributed by atoms with E-state index < -0.39 is 5.92 Å². The van der Waals surface area contributed by atoms with Crippen molar-refractivity contribution in [2.75, 3.05) is 19.8 Å². The van der Waals surface area contributed by atoms with E-state index in [2.05, 4.69) is 21.2 Å². The molecule has 1 aromatic rings. The van der Waals surface area contributed by atoms with Crippen LogP contribution in [0.1, 0.15) is 6.92 Å². The van der Waals surface area contributed by atoms with E-state index in [-0.39, 0.29) is 31.6 Å². The van der Waals surface area contributed by atoms with Crippen molar-refractivity contribution in [2.45, 2.75) is 11.8 Å². The zero-order chi connectivity index (χ0) is 16.1. The second-order valence-corrected chi connectivity index (χ2v) is 6.75. The second-order valence-electron chi connectivity index (χ2n) is 4.72. The topological polar surface area (TPSA) is 75.6 Å². The predicted octanol–water partition coefficient (Wildman–Crippen LogP) is 2.10. The fourth-order valence-electron chi connectivity index (χ4n) is 2.01. The van der Waals surface area contributed by atoms with Gasteiger partial charge in [-0.05, 0) is 25.1 Å². The summed E-state index contributed by atoms with van der Waals surface area (Å²) in [5.74, 6) is -1.29. The maximum absolute atomic E-state index is 12.1. The van der Waals surface area contributed by atoms with Crippen LogP contribution in [0, 0.1) is 5.92 Å². The Morgan fingerprint density at radius 1 is 1.41 bits per heavy atom. The molecule has 1 unspecified atom stereocenters. The van der Waals surface area contributed by atoms with E-state index in [1.165, 1.54) is 11.8 Å². The van der Waals surface area contributed by atoms with E-state index in [4.69, 9.17) is 9.84 Å². The molecule has 0 aliphatic carbocycles. The number of amides is 2. The lowest BCUT2D eigenvalue weighted by Gasteiger charge is -2.25. The Kier molecular flexibility index (Phi) is 6.19. The van der Waals surface area contributed by atoms with E-state index in [9.17, 15) is 9.59 Å². The Morgan fingerprint density at radius 2 is 2.18 bits per heavy atom. The molecular formula is C15H16BrNO4S. The number of hydrogen-bond donors (Lipinski definition) is 2. The van der Waals surface area contributed by atoms with Crippen molar-refractivity contribution in [2.24, 2.45) is 5.92 Å². The molecule has 1 aliphatic rings. The summed E-state index contributed by atoms with van der Waals surface area (Å²) in [6.45, 7) is 1.88. The van der Waals surface area contributed by atoms with Gasteiger partial charge in [-0.1, -0.05) is 33.8 Å². The van der Waals surface area contributed by atoms with Crippen molar-refractivity contribution in [3.05, 3.63) is 39.2 Å². The van der Waals surface area contributed by atoms with Crippen molar-refractivity contribution < 1.29 is 19.4 Å². The highest BCUT2D eigenvalue weighted by Crippen LogP contribution is 2.37. The number of hydrogen-bond acceptors (Lipinski definition) is 5. The van der Waals surface area contributed by atoms with Gasteiger partial charge in [0.15, 0.2) is 0 Å². The van der Waals surface area contributed by atoms with Crippen molar-refractivity contribution in [1.82, 2.24) is 5.32 Å². The molecule has 0 aromatic heterocycles. The third kappa shape index (κ3) is 4.19. The normalized spacial score (nSPS) is 18.6. The third-order valence-electron chi connectivity index (χ3n) is 3.12. The summed E-state index contributed by atoms with van der Waals surface area (Å²) in [6, 6.07) is 7.64. The van der Waals surface area contributed by atoms with Crippen LogP contribution in [0.15, 0.2) is 44.1 Å². The van der Waals surface area contributed by atoms with Crippen molar-refractivity contribution in [1.29, 1.82) is 0 Å². The first kappa shape index (κ1) is 17.2.